The van der Waals surface area contributed by atoms with E-state index in [9.17, 15) is 9.59 Å². The van der Waals surface area contributed by atoms with Crippen molar-refractivity contribution in [3.05, 3.63) is 24.5 Å². The predicted octanol–water partition coefficient (Wildman–Crippen LogP) is -0.117. The zero-order chi connectivity index (χ0) is 16.1. The summed E-state index contributed by atoms with van der Waals surface area (Å²) >= 11 is 0. The average molecular weight is 318 g/mol. The summed E-state index contributed by atoms with van der Waals surface area (Å²) in [5, 5.41) is 2.95. The van der Waals surface area contributed by atoms with Crippen molar-refractivity contribution in [1.82, 2.24) is 15.2 Å². The molecule has 1 aromatic heterocycles. The Morgan fingerprint density at radius 2 is 2.22 bits per heavy atom. The van der Waals surface area contributed by atoms with E-state index in [1.807, 2.05) is 6.07 Å². The molecule has 2 amide bonds. The van der Waals surface area contributed by atoms with Gasteiger partial charge in [0.25, 0.3) is 0 Å². The second-order valence-corrected chi connectivity index (χ2v) is 5.86. The lowest BCUT2D eigenvalue weighted by Crippen LogP contribution is -2.42. The summed E-state index contributed by atoms with van der Waals surface area (Å²) in [6, 6.07) is 3.63. The number of nitrogens with one attached hydrogen (secondary N) is 1. The molecule has 2 fully saturated rings. The van der Waals surface area contributed by atoms with Gasteiger partial charge in [-0.3, -0.25) is 19.5 Å². The molecule has 0 radical (unpaired) electrons. The standard InChI is InChI=1S/C16H22N4O3/c21-15-10-13(12-20(15)14-2-1-3-17-11-14)16(22)18-4-5-19-6-8-23-9-7-19/h1-3,11,13H,4-10,12H2,(H,18,22). The van der Waals surface area contributed by atoms with Crippen LogP contribution in [0.15, 0.2) is 24.5 Å². The molecule has 2 saturated heterocycles. The summed E-state index contributed by atoms with van der Waals surface area (Å²) in [5.74, 6) is -0.350. The molecule has 1 aromatic rings. The molecule has 1 atom stereocenters. The number of hydrogen-bond donors (Lipinski definition) is 1. The van der Waals surface area contributed by atoms with Gasteiger partial charge in [0.05, 0.1) is 31.0 Å². The summed E-state index contributed by atoms with van der Waals surface area (Å²) in [6.07, 6.45) is 3.58. The Morgan fingerprint density at radius 1 is 1.39 bits per heavy atom. The SMILES string of the molecule is O=C(NCCN1CCOCC1)C1CC(=O)N(c2cccnc2)C1. The number of ether oxygens (including phenoxy) is 1. The molecule has 0 spiro atoms. The fourth-order valence-corrected chi connectivity index (χ4v) is 2.95. The van der Waals surface area contributed by atoms with Crippen LogP contribution in [-0.2, 0) is 14.3 Å². The largest absolute Gasteiger partial charge is 0.379 e. The minimum Gasteiger partial charge on any atom is -0.379 e. The summed E-state index contributed by atoms with van der Waals surface area (Å²) in [7, 11) is 0. The van der Waals surface area contributed by atoms with E-state index in [2.05, 4.69) is 15.2 Å². The van der Waals surface area contributed by atoms with Crippen LogP contribution in [0.4, 0.5) is 5.69 Å². The lowest BCUT2D eigenvalue weighted by Gasteiger charge is -2.26. The number of carbonyl (C=O) groups excluding carboxylic acids is 2. The second kappa shape index (κ2) is 7.52. The molecular formula is C16H22N4O3. The van der Waals surface area contributed by atoms with Gasteiger partial charge >= 0.3 is 0 Å². The van der Waals surface area contributed by atoms with E-state index in [0.717, 1.165) is 38.5 Å². The maximum absolute atomic E-state index is 12.3. The highest BCUT2D eigenvalue weighted by atomic mass is 16.5. The molecule has 2 aliphatic heterocycles. The first kappa shape index (κ1) is 15.9. The molecule has 0 bridgehead atoms. The number of morpholine rings is 1. The molecule has 7 heteroatoms. The van der Waals surface area contributed by atoms with E-state index in [1.165, 1.54) is 0 Å². The number of carbonyl (C=O) groups is 2. The molecule has 3 heterocycles. The van der Waals surface area contributed by atoms with Gasteiger partial charge in [0.1, 0.15) is 0 Å². The molecule has 7 nitrogen and oxygen atoms in total. The van der Waals surface area contributed by atoms with Crippen LogP contribution < -0.4 is 10.2 Å². The Labute approximate surface area is 135 Å². The van der Waals surface area contributed by atoms with E-state index >= 15 is 0 Å². The van der Waals surface area contributed by atoms with Gasteiger partial charge in [-0.2, -0.15) is 0 Å². The minimum absolute atomic E-state index is 0.0219. The first-order chi connectivity index (χ1) is 11.2. The lowest BCUT2D eigenvalue weighted by atomic mass is 10.1. The van der Waals surface area contributed by atoms with Crippen LogP contribution in [-0.4, -0.2) is 67.6 Å². The molecule has 23 heavy (non-hydrogen) atoms. The van der Waals surface area contributed by atoms with Gasteiger partial charge in [0.15, 0.2) is 0 Å². The highest BCUT2D eigenvalue weighted by Gasteiger charge is 2.35. The quantitative estimate of drug-likeness (QED) is 0.819. The monoisotopic (exact) mass is 318 g/mol. The van der Waals surface area contributed by atoms with Gasteiger partial charge < -0.3 is 15.0 Å². The van der Waals surface area contributed by atoms with Crippen LogP contribution in [0.3, 0.4) is 0 Å². The Balaban J connectivity index is 1.46. The fraction of sp³-hybridized carbons (Fsp3) is 0.562. The second-order valence-electron chi connectivity index (χ2n) is 5.86. The first-order valence-corrected chi connectivity index (χ1v) is 8.02. The first-order valence-electron chi connectivity index (χ1n) is 8.02. The van der Waals surface area contributed by atoms with Crippen molar-refractivity contribution in [3.8, 4) is 0 Å². The van der Waals surface area contributed by atoms with Crippen molar-refractivity contribution in [1.29, 1.82) is 0 Å². The predicted molar refractivity (Wildman–Crippen MR) is 85.0 cm³/mol. The number of pyridine rings is 1. The van der Waals surface area contributed by atoms with Crippen molar-refractivity contribution < 1.29 is 14.3 Å². The van der Waals surface area contributed by atoms with Gasteiger partial charge in [-0.15, -0.1) is 0 Å². The molecular weight excluding hydrogens is 296 g/mol. The highest BCUT2D eigenvalue weighted by molar-refractivity contribution is 6.00. The van der Waals surface area contributed by atoms with Gasteiger partial charge in [-0.05, 0) is 12.1 Å². The van der Waals surface area contributed by atoms with E-state index in [-0.39, 0.29) is 24.2 Å². The van der Waals surface area contributed by atoms with Crippen molar-refractivity contribution in [3.63, 3.8) is 0 Å². The molecule has 0 aliphatic carbocycles. The normalized spacial score (nSPS) is 22.3. The maximum Gasteiger partial charge on any atom is 0.227 e. The highest BCUT2D eigenvalue weighted by Crippen LogP contribution is 2.24. The van der Waals surface area contributed by atoms with Gasteiger partial charge in [0.2, 0.25) is 11.8 Å². The summed E-state index contributed by atoms with van der Waals surface area (Å²) < 4.78 is 5.30. The molecule has 0 aromatic carbocycles. The maximum atomic E-state index is 12.3. The van der Waals surface area contributed by atoms with Crippen LogP contribution in [0.25, 0.3) is 0 Å². The molecule has 3 rings (SSSR count). The Morgan fingerprint density at radius 3 is 2.96 bits per heavy atom. The average Bonchev–Trinajstić information content (AvgIpc) is 2.98. The molecule has 0 saturated carbocycles. The lowest BCUT2D eigenvalue weighted by molar-refractivity contribution is -0.126. The van der Waals surface area contributed by atoms with Crippen LogP contribution in [0.2, 0.25) is 0 Å². The van der Waals surface area contributed by atoms with Gasteiger partial charge in [0, 0.05) is 45.3 Å². The Kier molecular flexibility index (Phi) is 5.19. The van der Waals surface area contributed by atoms with Crippen LogP contribution in [0.5, 0.6) is 0 Å². The third kappa shape index (κ3) is 4.05. The van der Waals surface area contributed by atoms with E-state index in [0.29, 0.717) is 13.1 Å². The Bertz CT molecular complexity index is 546. The van der Waals surface area contributed by atoms with Crippen molar-refractivity contribution >= 4 is 17.5 Å². The molecule has 124 valence electrons. The molecule has 1 unspecified atom stereocenters. The summed E-state index contributed by atoms with van der Waals surface area (Å²) in [4.78, 5) is 32.3. The third-order valence-corrected chi connectivity index (χ3v) is 4.28. The summed E-state index contributed by atoms with van der Waals surface area (Å²) in [6.45, 7) is 5.18. The van der Waals surface area contributed by atoms with E-state index < -0.39 is 0 Å². The van der Waals surface area contributed by atoms with Crippen molar-refractivity contribution in [2.24, 2.45) is 5.92 Å². The van der Waals surface area contributed by atoms with E-state index in [4.69, 9.17) is 4.74 Å². The van der Waals surface area contributed by atoms with Crippen LogP contribution in [0.1, 0.15) is 6.42 Å². The van der Waals surface area contributed by atoms with Gasteiger partial charge in [-0.25, -0.2) is 0 Å². The molecule has 2 aliphatic rings. The number of rotatable bonds is 5. The number of nitrogens with zero attached hydrogens (tertiary/aromatic N) is 3. The number of anilines is 1. The zero-order valence-electron chi connectivity index (χ0n) is 13.1. The number of hydrogen-bond acceptors (Lipinski definition) is 5. The third-order valence-electron chi connectivity index (χ3n) is 4.28. The van der Waals surface area contributed by atoms with Gasteiger partial charge in [-0.1, -0.05) is 0 Å². The topological polar surface area (TPSA) is 74.8 Å². The van der Waals surface area contributed by atoms with Crippen molar-refractivity contribution in [2.45, 2.75) is 6.42 Å². The van der Waals surface area contributed by atoms with Crippen molar-refractivity contribution in [2.75, 3.05) is 50.8 Å². The minimum atomic E-state index is -0.285. The van der Waals surface area contributed by atoms with Crippen LogP contribution in [0, 0.1) is 5.92 Å². The smallest absolute Gasteiger partial charge is 0.227 e. The zero-order valence-corrected chi connectivity index (χ0v) is 13.1. The summed E-state index contributed by atoms with van der Waals surface area (Å²) in [5.41, 5.74) is 0.751. The molecule has 1 N–H and O–H groups in total. The van der Waals surface area contributed by atoms with Crippen LogP contribution >= 0.6 is 0 Å². The fourth-order valence-electron chi connectivity index (χ4n) is 2.95. The van der Waals surface area contributed by atoms with E-state index in [1.54, 1.807) is 23.4 Å². The number of amides is 2. The number of aromatic nitrogens is 1. The Hall–Kier alpha value is -1.99.